The first-order valence-corrected chi connectivity index (χ1v) is 9.07. The van der Waals surface area contributed by atoms with E-state index in [4.69, 9.17) is 4.42 Å². The average molecular weight is 361 g/mol. The van der Waals surface area contributed by atoms with Crippen molar-refractivity contribution in [1.29, 1.82) is 0 Å². The van der Waals surface area contributed by atoms with E-state index in [-0.39, 0.29) is 17.9 Å². The first-order valence-electron chi connectivity index (χ1n) is 7.59. The molecule has 0 aliphatic carbocycles. The largest absolute Gasteiger partial charge is 0.421 e. The molecule has 0 aliphatic heterocycles. The maximum Gasteiger partial charge on any atom is 0.247 e. The molecule has 0 aliphatic rings. The van der Waals surface area contributed by atoms with Crippen molar-refractivity contribution in [2.24, 2.45) is 0 Å². The van der Waals surface area contributed by atoms with E-state index in [1.165, 1.54) is 12.1 Å². The highest BCUT2D eigenvalue weighted by Gasteiger charge is 2.14. The molecule has 3 rings (SSSR count). The monoisotopic (exact) mass is 361 g/mol. The van der Waals surface area contributed by atoms with E-state index < -0.39 is 15.8 Å². The van der Waals surface area contributed by atoms with Gasteiger partial charge in [-0.2, -0.15) is 0 Å². The zero-order chi connectivity index (χ0) is 17.9. The van der Waals surface area contributed by atoms with Crippen molar-refractivity contribution in [3.63, 3.8) is 0 Å². The minimum Gasteiger partial charge on any atom is -0.421 e. The molecular weight excluding hydrogens is 345 g/mol. The van der Waals surface area contributed by atoms with Crippen molar-refractivity contribution in [2.45, 2.75) is 18.2 Å². The second-order valence-corrected chi connectivity index (χ2v) is 7.24. The second-order valence-electron chi connectivity index (χ2n) is 5.47. The molecule has 6 nitrogen and oxygen atoms in total. The Balaban J connectivity index is 1.61. The summed E-state index contributed by atoms with van der Waals surface area (Å²) in [6, 6.07) is 12.3. The van der Waals surface area contributed by atoms with E-state index in [2.05, 4.69) is 14.9 Å². The van der Waals surface area contributed by atoms with Crippen LogP contribution in [0.3, 0.4) is 0 Å². The fourth-order valence-electron chi connectivity index (χ4n) is 2.16. The topological polar surface area (TPSA) is 85.1 Å². The Morgan fingerprint density at radius 3 is 2.40 bits per heavy atom. The van der Waals surface area contributed by atoms with Crippen molar-refractivity contribution in [3.8, 4) is 11.5 Å². The average Bonchev–Trinajstić information content (AvgIpc) is 3.04. The molecule has 2 aromatic carbocycles. The summed E-state index contributed by atoms with van der Waals surface area (Å²) in [4.78, 5) is -0.000210. The molecule has 0 spiro atoms. The number of aromatic nitrogens is 2. The van der Waals surface area contributed by atoms with Crippen LogP contribution in [0, 0.1) is 12.7 Å². The van der Waals surface area contributed by atoms with Gasteiger partial charge < -0.3 is 4.42 Å². The molecule has 0 bridgehead atoms. The van der Waals surface area contributed by atoms with Crippen molar-refractivity contribution in [1.82, 2.24) is 14.9 Å². The van der Waals surface area contributed by atoms with Gasteiger partial charge in [-0.25, -0.2) is 17.5 Å². The van der Waals surface area contributed by atoms with Gasteiger partial charge in [-0.05, 0) is 43.3 Å². The van der Waals surface area contributed by atoms with Gasteiger partial charge in [0.25, 0.3) is 0 Å². The smallest absolute Gasteiger partial charge is 0.247 e. The first-order chi connectivity index (χ1) is 11.9. The van der Waals surface area contributed by atoms with Crippen LogP contribution in [0.5, 0.6) is 0 Å². The van der Waals surface area contributed by atoms with E-state index in [1.54, 1.807) is 0 Å². The van der Waals surface area contributed by atoms with Crippen LogP contribution in [0.25, 0.3) is 11.5 Å². The molecule has 0 unspecified atom stereocenters. The molecule has 25 heavy (non-hydrogen) atoms. The highest BCUT2D eigenvalue weighted by molar-refractivity contribution is 7.89. The summed E-state index contributed by atoms with van der Waals surface area (Å²) in [5.41, 5.74) is 1.93. The van der Waals surface area contributed by atoms with Crippen LogP contribution in [0.1, 0.15) is 11.5 Å². The maximum absolute atomic E-state index is 12.9. The van der Waals surface area contributed by atoms with Crippen LogP contribution in [-0.4, -0.2) is 25.2 Å². The predicted octanol–water partition coefficient (Wildman–Crippen LogP) is 2.71. The first kappa shape index (κ1) is 17.2. The summed E-state index contributed by atoms with van der Waals surface area (Å²) < 4.78 is 45.0. The lowest BCUT2D eigenvalue weighted by molar-refractivity contribution is 0.502. The Kier molecular flexibility index (Phi) is 4.91. The molecule has 1 N–H and O–H groups in total. The van der Waals surface area contributed by atoms with Gasteiger partial charge in [0.2, 0.25) is 21.8 Å². The van der Waals surface area contributed by atoms with E-state index in [0.717, 1.165) is 23.3 Å². The fraction of sp³-hybridized carbons (Fsp3) is 0.176. The molecule has 3 aromatic rings. The Bertz CT molecular complexity index is 952. The Labute approximate surface area is 144 Å². The number of benzene rings is 2. The number of aryl methyl sites for hydroxylation is 1. The number of nitrogens with zero attached hydrogens (tertiary/aromatic N) is 2. The molecule has 0 saturated carbocycles. The highest BCUT2D eigenvalue weighted by Crippen LogP contribution is 2.18. The van der Waals surface area contributed by atoms with Gasteiger partial charge in [0, 0.05) is 18.5 Å². The SMILES string of the molecule is Cc1ccc(-c2nnc(CCNS(=O)(=O)c3ccc(F)cc3)o2)cc1. The van der Waals surface area contributed by atoms with Gasteiger partial charge in [-0.1, -0.05) is 17.7 Å². The minimum absolute atomic E-state index is 0.000210. The third-order valence-corrected chi connectivity index (χ3v) is 5.00. The predicted molar refractivity (Wildman–Crippen MR) is 89.8 cm³/mol. The van der Waals surface area contributed by atoms with Gasteiger partial charge in [0.1, 0.15) is 5.82 Å². The van der Waals surface area contributed by atoms with Crippen molar-refractivity contribution >= 4 is 10.0 Å². The lowest BCUT2D eigenvalue weighted by atomic mass is 10.1. The van der Waals surface area contributed by atoms with E-state index in [1.807, 2.05) is 31.2 Å². The van der Waals surface area contributed by atoms with Crippen molar-refractivity contribution in [2.75, 3.05) is 6.54 Å². The molecule has 0 atom stereocenters. The molecule has 1 aromatic heterocycles. The summed E-state index contributed by atoms with van der Waals surface area (Å²) >= 11 is 0. The van der Waals surface area contributed by atoms with Crippen molar-refractivity contribution in [3.05, 3.63) is 65.8 Å². The summed E-state index contributed by atoms with van der Waals surface area (Å²) in [6.07, 6.45) is 0.249. The number of rotatable bonds is 6. The molecule has 0 radical (unpaired) electrons. The van der Waals surface area contributed by atoms with Crippen LogP contribution < -0.4 is 4.72 Å². The third kappa shape index (κ3) is 4.28. The second kappa shape index (κ2) is 7.12. The van der Waals surface area contributed by atoms with Gasteiger partial charge in [0.15, 0.2) is 0 Å². The number of hydrogen-bond donors (Lipinski definition) is 1. The van der Waals surface area contributed by atoms with E-state index in [9.17, 15) is 12.8 Å². The normalized spacial score (nSPS) is 11.6. The van der Waals surface area contributed by atoms with Crippen LogP contribution in [0.4, 0.5) is 4.39 Å². The van der Waals surface area contributed by atoms with Crippen LogP contribution in [-0.2, 0) is 16.4 Å². The third-order valence-electron chi connectivity index (χ3n) is 3.52. The number of hydrogen-bond acceptors (Lipinski definition) is 5. The lowest BCUT2D eigenvalue weighted by Gasteiger charge is -2.05. The van der Waals surface area contributed by atoms with Crippen molar-refractivity contribution < 1.29 is 17.2 Å². The number of halogens is 1. The van der Waals surface area contributed by atoms with E-state index in [0.29, 0.717) is 11.8 Å². The summed E-state index contributed by atoms with van der Waals surface area (Å²) in [5.74, 6) is 0.224. The van der Waals surface area contributed by atoms with Crippen LogP contribution in [0.2, 0.25) is 0 Å². The van der Waals surface area contributed by atoms with Crippen LogP contribution >= 0.6 is 0 Å². The van der Waals surface area contributed by atoms with Gasteiger partial charge >= 0.3 is 0 Å². The molecule has 8 heteroatoms. The fourth-order valence-corrected chi connectivity index (χ4v) is 3.19. The van der Waals surface area contributed by atoms with Gasteiger partial charge in [-0.3, -0.25) is 0 Å². The maximum atomic E-state index is 12.9. The Morgan fingerprint density at radius 1 is 1.04 bits per heavy atom. The molecule has 0 fully saturated rings. The summed E-state index contributed by atoms with van der Waals surface area (Å²) in [6.45, 7) is 2.07. The molecule has 0 amide bonds. The molecule has 1 heterocycles. The minimum atomic E-state index is -3.70. The van der Waals surface area contributed by atoms with E-state index >= 15 is 0 Å². The molecule has 130 valence electrons. The molecular formula is C17H16FN3O3S. The lowest BCUT2D eigenvalue weighted by Crippen LogP contribution is -2.26. The van der Waals surface area contributed by atoms with Gasteiger partial charge in [0.05, 0.1) is 4.90 Å². The van der Waals surface area contributed by atoms with Gasteiger partial charge in [-0.15, -0.1) is 10.2 Å². The summed E-state index contributed by atoms with van der Waals surface area (Å²) in [5, 5.41) is 7.88. The highest BCUT2D eigenvalue weighted by atomic mass is 32.2. The zero-order valence-electron chi connectivity index (χ0n) is 13.4. The Morgan fingerprint density at radius 2 is 1.72 bits per heavy atom. The number of sulfonamides is 1. The molecule has 0 saturated heterocycles. The quantitative estimate of drug-likeness (QED) is 0.730. The Hall–Kier alpha value is -2.58. The number of nitrogens with one attached hydrogen (secondary N) is 1. The zero-order valence-corrected chi connectivity index (χ0v) is 14.3. The standard InChI is InChI=1S/C17H16FN3O3S/c1-12-2-4-13(5-3-12)17-21-20-16(24-17)10-11-19-25(22,23)15-8-6-14(18)7-9-15/h2-9,19H,10-11H2,1H3. The van der Waals surface area contributed by atoms with Crippen LogP contribution in [0.15, 0.2) is 57.8 Å². The summed E-state index contributed by atoms with van der Waals surface area (Å²) in [7, 11) is -3.70.